The third-order valence-electron chi connectivity index (χ3n) is 18.5. The van der Waals surface area contributed by atoms with E-state index in [-0.39, 0.29) is 65.5 Å². The molecule has 0 spiro atoms. The molecule has 3 N–H and O–H groups in total. The Morgan fingerprint density at radius 1 is 0.786 bits per heavy atom. The number of likely N-dealkylation sites (tertiary alicyclic amines) is 1. The molecule has 16 heteroatoms. The Morgan fingerprint density at radius 3 is 2.18 bits per heavy atom. The van der Waals surface area contributed by atoms with Gasteiger partial charge in [-0.25, -0.2) is 18.4 Å². The quantitative estimate of drug-likeness (QED) is 0.0886. The number of nitrogens with one attached hydrogen (secondary N) is 3. The molecule has 3 fully saturated rings. The first-order chi connectivity index (χ1) is 40.4. The van der Waals surface area contributed by atoms with Gasteiger partial charge in [0.2, 0.25) is 11.8 Å². The molecule has 0 radical (unpaired) electrons. The highest BCUT2D eigenvalue weighted by molar-refractivity contribution is 5.94. The number of aromatic nitrogens is 1. The molecule has 7 unspecified atom stereocenters. The second kappa shape index (κ2) is 27.3. The minimum Gasteiger partial charge on any atom is -0.453 e. The third kappa shape index (κ3) is 13.5. The number of carbonyl (C=O) groups is 5. The zero-order chi connectivity index (χ0) is 59.8. The summed E-state index contributed by atoms with van der Waals surface area (Å²) in [5.41, 5.74) is 7.54. The van der Waals surface area contributed by atoms with E-state index in [1.54, 1.807) is 11.8 Å². The molecule has 2 aliphatic carbocycles. The maximum Gasteiger partial charge on any atom is 0.407 e. The van der Waals surface area contributed by atoms with E-state index in [0.29, 0.717) is 57.4 Å². The molecule has 4 heterocycles. The molecule has 450 valence electrons. The van der Waals surface area contributed by atoms with Crippen LogP contribution in [0, 0.1) is 34.8 Å². The average Bonchev–Trinajstić information content (AvgIpc) is 2.95. The van der Waals surface area contributed by atoms with Crippen LogP contribution < -0.4 is 15.5 Å². The first kappa shape index (κ1) is 61.5. The molecule has 0 bridgehead atoms. The van der Waals surface area contributed by atoms with Crippen LogP contribution in [0.15, 0.2) is 95.5 Å². The number of aliphatic imine (C=N–C) groups is 1. The molecule has 14 nitrogen and oxygen atoms in total. The summed E-state index contributed by atoms with van der Waals surface area (Å²) >= 11 is 0. The number of allylic oxidation sites excluding steroid dienone is 6. The van der Waals surface area contributed by atoms with E-state index in [4.69, 9.17) is 14.5 Å². The van der Waals surface area contributed by atoms with Crippen LogP contribution >= 0.6 is 0 Å². The van der Waals surface area contributed by atoms with E-state index in [2.05, 4.69) is 81.2 Å². The molecule has 3 aliphatic heterocycles. The van der Waals surface area contributed by atoms with Gasteiger partial charge in [-0.1, -0.05) is 102 Å². The Morgan fingerprint density at radius 2 is 1.49 bits per heavy atom. The number of halogens is 2. The van der Waals surface area contributed by atoms with Gasteiger partial charge in [-0.2, -0.15) is 0 Å². The van der Waals surface area contributed by atoms with Crippen molar-refractivity contribution in [3.63, 3.8) is 0 Å². The van der Waals surface area contributed by atoms with Crippen molar-refractivity contribution >= 4 is 57.8 Å². The zero-order valence-electron chi connectivity index (χ0n) is 50.5. The summed E-state index contributed by atoms with van der Waals surface area (Å²) in [4.78, 5) is 80.9. The summed E-state index contributed by atoms with van der Waals surface area (Å²) in [6.45, 7) is 12.7. The van der Waals surface area contributed by atoms with Gasteiger partial charge in [0.1, 0.15) is 29.5 Å². The fourth-order valence-corrected chi connectivity index (χ4v) is 14.0. The minimum atomic E-state index is -0.753. The van der Waals surface area contributed by atoms with Crippen LogP contribution in [0.3, 0.4) is 0 Å². The number of aryl methyl sites for hydroxylation is 1. The number of ketones is 1. The topological polar surface area (TPSA) is 166 Å². The van der Waals surface area contributed by atoms with Gasteiger partial charge < -0.3 is 39.8 Å². The maximum absolute atomic E-state index is 17.2. The Kier molecular flexibility index (Phi) is 20.0. The summed E-state index contributed by atoms with van der Waals surface area (Å²) in [7, 11) is 2.57. The standard InChI is InChI=1S/C68H87F2N7O7/c1-9-33-75(64(79)62(42(2)3)73-66(81)83-7)41-51-22-16-19-46-36-47(24-26-56(46)71-51)59-28-29-60(48-25-27-57-49(37-48)38-58(72-57)61-23-17-34-76(61)65(80)63(43(4)5)74-67(82)84-8)77(59)52-39-54(69)53(55(70)40-52)35-45-18-14-15-31-68(32-30-45,44(6)78)50-20-12-10-11-13-21-50/h10,12-13,20-21,24-27,36-40,42-43,45,59-63,72H,9,11,14-19,22-23,28-35,41H2,1-8H3,(H,73,81)(H,74,82). The van der Waals surface area contributed by atoms with Gasteiger partial charge >= 0.3 is 12.2 Å². The number of methoxy groups -OCH3 is 2. The highest BCUT2D eigenvalue weighted by Gasteiger charge is 2.42. The van der Waals surface area contributed by atoms with Crippen LogP contribution in [0.2, 0.25) is 0 Å². The van der Waals surface area contributed by atoms with Crippen molar-refractivity contribution in [3.8, 4) is 0 Å². The van der Waals surface area contributed by atoms with Crippen LogP contribution in [0.25, 0.3) is 10.9 Å². The molecule has 84 heavy (non-hydrogen) atoms. The smallest absolute Gasteiger partial charge is 0.407 e. The average molecular weight is 1150 g/mol. The lowest BCUT2D eigenvalue weighted by molar-refractivity contribution is -0.135. The predicted octanol–water partition coefficient (Wildman–Crippen LogP) is 14.1. The molecule has 9 rings (SSSR count). The van der Waals surface area contributed by atoms with Crippen LogP contribution in [-0.2, 0) is 36.7 Å². The fraction of sp³-hybridized carbons (Fsp3) is 0.529. The van der Waals surface area contributed by atoms with Gasteiger partial charge in [0.05, 0.1) is 50.0 Å². The normalized spacial score (nSPS) is 22.5. The molecule has 3 aromatic carbocycles. The van der Waals surface area contributed by atoms with Crippen molar-refractivity contribution in [2.75, 3.05) is 38.8 Å². The largest absolute Gasteiger partial charge is 0.453 e. The molecule has 1 aromatic heterocycles. The lowest BCUT2D eigenvalue weighted by Crippen LogP contribution is -2.52. The Labute approximate surface area is 494 Å². The monoisotopic (exact) mass is 1150 g/mol. The number of alkyl carbamates (subject to hydrolysis) is 2. The van der Waals surface area contributed by atoms with Crippen LogP contribution in [0.1, 0.15) is 178 Å². The number of aromatic amines is 1. The summed E-state index contributed by atoms with van der Waals surface area (Å²) in [6, 6.07) is 15.6. The molecule has 2 saturated heterocycles. The number of nitrogens with zero attached hydrogens (tertiary/aromatic N) is 4. The Balaban J connectivity index is 1.03. The number of carbonyl (C=O) groups excluding carboxylic acids is 5. The van der Waals surface area contributed by atoms with Crippen molar-refractivity contribution < 1.29 is 42.2 Å². The van der Waals surface area contributed by atoms with Crippen molar-refractivity contribution in [2.24, 2.45) is 28.2 Å². The third-order valence-corrected chi connectivity index (χ3v) is 18.5. The number of hydrogen-bond donors (Lipinski definition) is 3. The van der Waals surface area contributed by atoms with Crippen molar-refractivity contribution in [1.82, 2.24) is 25.4 Å². The molecular weight excluding hydrogens is 1060 g/mol. The number of benzene rings is 3. The highest BCUT2D eigenvalue weighted by atomic mass is 19.1. The number of ether oxygens (including phenoxy) is 2. The van der Waals surface area contributed by atoms with Gasteiger partial charge in [0.15, 0.2) is 0 Å². The van der Waals surface area contributed by atoms with E-state index in [1.807, 2.05) is 51.7 Å². The first-order valence-electron chi connectivity index (χ1n) is 30.8. The lowest BCUT2D eigenvalue weighted by atomic mass is 9.66. The number of Topliss-reactive ketones (excluding diaryl/α,β-unsaturated/α-hetero) is 1. The molecule has 4 amide bonds. The SMILES string of the molecule is CCCN(CC1=Nc2ccc(C3CCC(c4ccc5[nH]c(C6CCCN6C(=O)C(NC(=O)OC)C(C)C)cc5c4)N3c3cc(F)c(CC4CCCCC(C(C)=O)(C5=CC=CCC=C5)CC4)c(F)c3)cc2CCC1)C(=O)C(NC(=O)OC)C(C)C. The summed E-state index contributed by atoms with van der Waals surface area (Å²) in [5.74, 6) is -1.67. The van der Waals surface area contributed by atoms with Crippen LogP contribution in [0.5, 0.6) is 0 Å². The van der Waals surface area contributed by atoms with E-state index in [9.17, 15) is 24.0 Å². The highest BCUT2D eigenvalue weighted by Crippen LogP contribution is 2.50. The van der Waals surface area contributed by atoms with Crippen molar-refractivity contribution in [2.45, 2.75) is 174 Å². The molecule has 4 aromatic rings. The van der Waals surface area contributed by atoms with Gasteiger partial charge in [0, 0.05) is 46.6 Å². The van der Waals surface area contributed by atoms with Crippen LogP contribution in [-0.4, -0.2) is 96.2 Å². The van der Waals surface area contributed by atoms with Gasteiger partial charge in [-0.3, -0.25) is 19.4 Å². The van der Waals surface area contributed by atoms with Crippen LogP contribution in [0.4, 0.5) is 29.7 Å². The summed E-state index contributed by atoms with van der Waals surface area (Å²) in [6.07, 6.45) is 20.7. The number of fused-ring (bicyclic) bond motifs is 2. The van der Waals surface area contributed by atoms with Gasteiger partial charge in [0.25, 0.3) is 0 Å². The number of H-pyrrole nitrogens is 1. The number of hydrogen-bond acceptors (Lipinski definition) is 9. The van der Waals surface area contributed by atoms with Crippen molar-refractivity contribution in [3.05, 3.63) is 130 Å². The molecule has 7 atom stereocenters. The second-order valence-electron chi connectivity index (χ2n) is 24.7. The zero-order valence-corrected chi connectivity index (χ0v) is 50.5. The number of rotatable bonds is 18. The molecular formula is C68H87F2N7O7. The van der Waals surface area contributed by atoms with Crippen molar-refractivity contribution in [1.29, 1.82) is 0 Å². The Bertz CT molecular complexity index is 3180. The fourth-order valence-electron chi connectivity index (χ4n) is 14.0. The lowest BCUT2D eigenvalue weighted by Gasteiger charge is -2.36. The van der Waals surface area contributed by atoms with E-state index >= 15 is 8.78 Å². The van der Waals surface area contributed by atoms with Gasteiger partial charge in [-0.15, -0.1) is 0 Å². The Hall–Kier alpha value is -7.10. The predicted molar refractivity (Wildman–Crippen MR) is 326 cm³/mol. The summed E-state index contributed by atoms with van der Waals surface area (Å²) in [5, 5.41) is 6.44. The minimum absolute atomic E-state index is 0.00360. The number of anilines is 1. The molecule has 5 aliphatic rings. The maximum atomic E-state index is 17.2. The second-order valence-corrected chi connectivity index (χ2v) is 24.7. The molecule has 1 saturated carbocycles. The van der Waals surface area contributed by atoms with E-state index < -0.39 is 41.3 Å². The van der Waals surface area contributed by atoms with Gasteiger partial charge in [-0.05, 0) is 167 Å². The van der Waals surface area contributed by atoms with E-state index in [0.717, 1.165) is 114 Å². The number of amides is 4. The summed E-state index contributed by atoms with van der Waals surface area (Å²) < 4.78 is 44.1. The first-order valence-corrected chi connectivity index (χ1v) is 30.8. The van der Waals surface area contributed by atoms with E-state index in [1.165, 1.54) is 26.4 Å².